The third-order valence-electron chi connectivity index (χ3n) is 2.37. The van der Waals surface area contributed by atoms with Crippen molar-refractivity contribution in [3.8, 4) is 5.75 Å². The first kappa shape index (κ1) is 14.2. The number of hydrogen-bond donors (Lipinski definition) is 0. The number of nitrogens with zero attached hydrogens (tertiary/aromatic N) is 1. The summed E-state index contributed by atoms with van der Waals surface area (Å²) in [6.07, 6.45) is 0. The molecule has 4 heteroatoms. The molecule has 0 bridgehead atoms. The highest BCUT2D eigenvalue weighted by Gasteiger charge is 2.23. The first-order valence-electron chi connectivity index (χ1n) is 5.75. The van der Waals surface area contributed by atoms with Crippen molar-refractivity contribution in [2.45, 2.75) is 27.7 Å². The van der Waals surface area contributed by atoms with Gasteiger partial charge in [0.2, 0.25) is 0 Å². The molecule has 4 nitrogen and oxygen atoms in total. The Morgan fingerprint density at radius 3 is 2.39 bits per heavy atom. The highest BCUT2D eigenvalue weighted by Crippen LogP contribution is 2.19. The Balaban J connectivity index is 2.87. The molecule has 0 amide bonds. The highest BCUT2D eigenvalue weighted by molar-refractivity contribution is 6.01. The predicted octanol–water partition coefficient (Wildman–Crippen LogP) is 3.01. The number of carbonyl (C=O) groups excluding carboxylic acids is 1. The summed E-state index contributed by atoms with van der Waals surface area (Å²) in [6, 6.07) is 7.45. The SMILES string of the molecule is COc1ccccc1/C(C)=N/OC(=O)C(C)(C)C. The Bertz CT molecular complexity index is 458. The second-order valence-electron chi connectivity index (χ2n) is 5.01. The summed E-state index contributed by atoms with van der Waals surface area (Å²) in [4.78, 5) is 16.5. The zero-order valence-corrected chi connectivity index (χ0v) is 11.5. The number of benzene rings is 1. The van der Waals surface area contributed by atoms with E-state index < -0.39 is 5.41 Å². The van der Waals surface area contributed by atoms with Crippen molar-refractivity contribution in [3.63, 3.8) is 0 Å². The minimum Gasteiger partial charge on any atom is -0.496 e. The van der Waals surface area contributed by atoms with E-state index in [1.807, 2.05) is 24.3 Å². The van der Waals surface area contributed by atoms with Gasteiger partial charge in [-0.15, -0.1) is 0 Å². The zero-order chi connectivity index (χ0) is 13.8. The van der Waals surface area contributed by atoms with Crippen LogP contribution in [0, 0.1) is 5.41 Å². The number of methoxy groups -OCH3 is 1. The molecule has 0 aromatic heterocycles. The van der Waals surface area contributed by atoms with E-state index in [1.54, 1.807) is 34.8 Å². The van der Waals surface area contributed by atoms with Gasteiger partial charge in [0.05, 0.1) is 18.2 Å². The van der Waals surface area contributed by atoms with E-state index in [-0.39, 0.29) is 5.97 Å². The Hall–Kier alpha value is -1.84. The summed E-state index contributed by atoms with van der Waals surface area (Å²) < 4.78 is 5.22. The maximum atomic E-state index is 11.6. The highest BCUT2D eigenvalue weighted by atomic mass is 16.7. The predicted molar refractivity (Wildman–Crippen MR) is 70.8 cm³/mol. The summed E-state index contributed by atoms with van der Waals surface area (Å²) in [6.45, 7) is 7.11. The molecule has 1 rings (SSSR count). The van der Waals surface area contributed by atoms with Crippen LogP contribution in [0.1, 0.15) is 33.3 Å². The third-order valence-corrected chi connectivity index (χ3v) is 2.37. The van der Waals surface area contributed by atoms with Gasteiger partial charge in [-0.25, -0.2) is 4.79 Å². The topological polar surface area (TPSA) is 47.9 Å². The maximum absolute atomic E-state index is 11.6. The largest absolute Gasteiger partial charge is 0.496 e. The maximum Gasteiger partial charge on any atom is 0.340 e. The second-order valence-corrected chi connectivity index (χ2v) is 5.01. The summed E-state index contributed by atoms with van der Waals surface area (Å²) in [5.41, 5.74) is 0.844. The van der Waals surface area contributed by atoms with Crippen LogP contribution < -0.4 is 4.74 Å². The van der Waals surface area contributed by atoms with Crippen molar-refractivity contribution in [1.82, 2.24) is 0 Å². The standard InChI is InChI=1S/C14H19NO3/c1-10(15-18-13(16)14(2,3)4)11-8-6-7-9-12(11)17-5/h6-9H,1-5H3/b15-10+. The molecule has 0 heterocycles. The molecule has 0 unspecified atom stereocenters. The Labute approximate surface area is 108 Å². The van der Waals surface area contributed by atoms with Crippen LogP contribution in [0.15, 0.2) is 29.4 Å². The molecule has 0 N–H and O–H groups in total. The molecule has 18 heavy (non-hydrogen) atoms. The number of carbonyl (C=O) groups is 1. The molecule has 0 saturated carbocycles. The van der Waals surface area contributed by atoms with Crippen molar-refractivity contribution in [2.75, 3.05) is 7.11 Å². The number of ether oxygens (including phenoxy) is 1. The summed E-state index contributed by atoms with van der Waals surface area (Å²) in [5, 5.41) is 3.86. The van der Waals surface area contributed by atoms with Crippen molar-refractivity contribution in [2.24, 2.45) is 10.6 Å². The Morgan fingerprint density at radius 1 is 1.22 bits per heavy atom. The van der Waals surface area contributed by atoms with Gasteiger partial charge in [-0.2, -0.15) is 0 Å². The van der Waals surface area contributed by atoms with Gasteiger partial charge in [-0.3, -0.25) is 0 Å². The normalized spacial score (nSPS) is 12.2. The molecule has 1 aromatic rings. The van der Waals surface area contributed by atoms with E-state index in [1.165, 1.54) is 0 Å². The average molecular weight is 249 g/mol. The van der Waals surface area contributed by atoms with Crippen LogP contribution >= 0.6 is 0 Å². The molecule has 0 aliphatic rings. The van der Waals surface area contributed by atoms with Crippen LogP contribution in [-0.4, -0.2) is 18.8 Å². The Kier molecular flexibility index (Phi) is 4.48. The lowest BCUT2D eigenvalue weighted by molar-refractivity contribution is -0.152. The molecule has 1 aromatic carbocycles. The lowest BCUT2D eigenvalue weighted by atomic mass is 9.98. The lowest BCUT2D eigenvalue weighted by Gasteiger charge is -2.13. The number of para-hydroxylation sites is 1. The van der Waals surface area contributed by atoms with Gasteiger partial charge >= 0.3 is 5.97 Å². The average Bonchev–Trinajstić information content (AvgIpc) is 2.34. The van der Waals surface area contributed by atoms with Crippen LogP contribution in [0.25, 0.3) is 0 Å². The van der Waals surface area contributed by atoms with Crippen LogP contribution in [0.4, 0.5) is 0 Å². The lowest BCUT2D eigenvalue weighted by Crippen LogP contribution is -2.21. The van der Waals surface area contributed by atoms with E-state index in [9.17, 15) is 4.79 Å². The van der Waals surface area contributed by atoms with Gasteiger partial charge in [-0.05, 0) is 39.8 Å². The number of oxime groups is 1. The first-order valence-corrected chi connectivity index (χ1v) is 5.75. The molecule has 0 fully saturated rings. The fourth-order valence-electron chi connectivity index (χ4n) is 1.24. The second kappa shape index (κ2) is 5.67. The van der Waals surface area contributed by atoms with E-state index in [4.69, 9.17) is 9.57 Å². The van der Waals surface area contributed by atoms with E-state index in [0.29, 0.717) is 11.5 Å². The molecule has 0 atom stereocenters. The first-order chi connectivity index (χ1) is 8.36. The summed E-state index contributed by atoms with van der Waals surface area (Å²) in [7, 11) is 1.59. The molecule has 0 aliphatic heterocycles. The van der Waals surface area contributed by atoms with E-state index in [0.717, 1.165) is 5.56 Å². The van der Waals surface area contributed by atoms with Crippen molar-refractivity contribution >= 4 is 11.7 Å². The van der Waals surface area contributed by atoms with E-state index in [2.05, 4.69) is 5.16 Å². The molecule has 0 aliphatic carbocycles. The van der Waals surface area contributed by atoms with Gasteiger partial charge in [-0.1, -0.05) is 17.3 Å². The van der Waals surface area contributed by atoms with Gasteiger partial charge in [0.1, 0.15) is 5.75 Å². The van der Waals surface area contributed by atoms with Crippen LogP contribution in [0.3, 0.4) is 0 Å². The Morgan fingerprint density at radius 2 is 1.83 bits per heavy atom. The smallest absolute Gasteiger partial charge is 0.340 e. The number of hydrogen-bond acceptors (Lipinski definition) is 4. The van der Waals surface area contributed by atoms with Gasteiger partial charge in [0.25, 0.3) is 0 Å². The molecular weight excluding hydrogens is 230 g/mol. The molecular formula is C14H19NO3. The van der Waals surface area contributed by atoms with Crippen molar-refractivity contribution < 1.29 is 14.4 Å². The van der Waals surface area contributed by atoms with Gasteiger partial charge in [0.15, 0.2) is 0 Å². The molecule has 98 valence electrons. The van der Waals surface area contributed by atoms with Crippen molar-refractivity contribution in [1.29, 1.82) is 0 Å². The molecule has 0 spiro atoms. The summed E-state index contributed by atoms with van der Waals surface area (Å²) in [5.74, 6) is 0.335. The van der Waals surface area contributed by atoms with Gasteiger partial charge in [0, 0.05) is 5.56 Å². The summed E-state index contributed by atoms with van der Waals surface area (Å²) >= 11 is 0. The third kappa shape index (κ3) is 3.58. The quantitative estimate of drug-likeness (QED) is 0.470. The van der Waals surface area contributed by atoms with Crippen molar-refractivity contribution in [3.05, 3.63) is 29.8 Å². The fourth-order valence-corrected chi connectivity index (χ4v) is 1.24. The monoisotopic (exact) mass is 249 g/mol. The van der Waals surface area contributed by atoms with Crippen LogP contribution in [0.5, 0.6) is 5.75 Å². The minimum atomic E-state index is -0.565. The van der Waals surface area contributed by atoms with Crippen LogP contribution in [-0.2, 0) is 9.63 Å². The zero-order valence-electron chi connectivity index (χ0n) is 11.5. The molecule has 0 saturated heterocycles. The van der Waals surface area contributed by atoms with Crippen LogP contribution in [0.2, 0.25) is 0 Å². The molecule has 0 radical (unpaired) electrons. The number of rotatable bonds is 3. The fraction of sp³-hybridized carbons (Fsp3) is 0.429. The minimum absolute atomic E-state index is 0.364. The van der Waals surface area contributed by atoms with Gasteiger partial charge < -0.3 is 9.57 Å². The van der Waals surface area contributed by atoms with E-state index >= 15 is 0 Å².